The predicted octanol–water partition coefficient (Wildman–Crippen LogP) is -7.53. The first kappa shape index (κ1) is 27.2. The smallest absolute Gasteiger partial charge is 0.550 e. The number of carbonyl (C=O) groups excluding carboxylic acids is 4. The number of aliphatic hydroxyl groups excluding tert-OH is 2. The van der Waals surface area contributed by atoms with E-state index in [9.17, 15) is 39.6 Å². The third-order valence-electron chi connectivity index (χ3n) is 1.26. The third kappa shape index (κ3) is 19.2. The molecular formula is C8H8Fe2O10. The van der Waals surface area contributed by atoms with Crippen LogP contribution >= 0.6 is 0 Å². The molecule has 0 saturated heterocycles. The van der Waals surface area contributed by atoms with Crippen LogP contribution in [0.3, 0.4) is 0 Å². The van der Waals surface area contributed by atoms with E-state index < -0.39 is 48.9 Å². The SMILES string of the molecule is O=C([O-])CC(O)C(=O)[O-].O=C([O-])CC(O)C(=O)[O-].[Fe+2].[Fe+2]. The van der Waals surface area contributed by atoms with Gasteiger partial charge in [0, 0.05) is 24.8 Å². The van der Waals surface area contributed by atoms with E-state index in [1.165, 1.54) is 0 Å². The maximum absolute atomic E-state index is 9.58. The molecule has 0 amide bonds. The maximum Gasteiger partial charge on any atom is 2.00 e. The topological polar surface area (TPSA) is 201 Å². The number of carboxylic acid groups (broad SMARTS) is 4. The molecule has 12 heteroatoms. The first-order valence-corrected chi connectivity index (χ1v) is 4.25. The number of aliphatic carboxylic acids is 4. The van der Waals surface area contributed by atoms with Gasteiger partial charge < -0.3 is 49.8 Å². The van der Waals surface area contributed by atoms with Gasteiger partial charge in [-0.15, -0.1) is 0 Å². The summed E-state index contributed by atoms with van der Waals surface area (Å²) in [7, 11) is 0. The Balaban J connectivity index is -0.000000116. The monoisotopic (exact) mass is 376 g/mol. The number of hydrogen-bond donors (Lipinski definition) is 2. The van der Waals surface area contributed by atoms with Crippen molar-refractivity contribution >= 4 is 23.9 Å². The van der Waals surface area contributed by atoms with Gasteiger partial charge in [-0.1, -0.05) is 0 Å². The van der Waals surface area contributed by atoms with Crippen LogP contribution in [0, 0.1) is 0 Å². The number of carbonyl (C=O) groups is 4. The summed E-state index contributed by atoms with van der Waals surface area (Å²) < 4.78 is 0. The Kier molecular flexibility index (Phi) is 19.4. The summed E-state index contributed by atoms with van der Waals surface area (Å²) in [6, 6.07) is 0. The zero-order chi connectivity index (χ0) is 14.9. The maximum atomic E-state index is 9.58. The van der Waals surface area contributed by atoms with Gasteiger partial charge in [-0.25, -0.2) is 0 Å². The standard InChI is InChI=1S/2C4H6O5.2Fe/c2*5-2(4(8)9)1-3(6)7;;/h2*2,5H,1H2,(H,6,7)(H,8,9);;/q;;2*+2/p-4. The number of rotatable bonds is 6. The molecule has 2 atom stereocenters. The second kappa shape index (κ2) is 14.3. The Bertz CT molecular complexity index is 299. The largest absolute Gasteiger partial charge is 2.00 e. The van der Waals surface area contributed by atoms with E-state index in [0.29, 0.717) is 0 Å². The van der Waals surface area contributed by atoms with Crippen LogP contribution in [0.25, 0.3) is 0 Å². The van der Waals surface area contributed by atoms with Crippen LogP contribution in [-0.2, 0) is 53.3 Å². The summed E-state index contributed by atoms with van der Waals surface area (Å²) in [5, 5.41) is 54.7. The Hall–Kier alpha value is -1.16. The fraction of sp³-hybridized carbons (Fsp3) is 0.500. The Morgan fingerprint density at radius 2 is 0.900 bits per heavy atom. The van der Waals surface area contributed by atoms with Crippen molar-refractivity contribution < 1.29 is 84.0 Å². The minimum atomic E-state index is -1.96. The van der Waals surface area contributed by atoms with Crippen LogP contribution < -0.4 is 20.4 Å². The van der Waals surface area contributed by atoms with Gasteiger partial charge in [-0.05, 0) is 0 Å². The molecule has 0 radical (unpaired) electrons. The van der Waals surface area contributed by atoms with E-state index in [1.54, 1.807) is 0 Å². The fourth-order valence-electron chi connectivity index (χ4n) is 0.482. The normalized spacial score (nSPS) is 11.3. The predicted molar refractivity (Wildman–Crippen MR) is 41.3 cm³/mol. The molecular weight excluding hydrogens is 368 g/mol. The summed E-state index contributed by atoms with van der Waals surface area (Å²) in [5.74, 6) is -6.85. The Labute approximate surface area is 133 Å². The van der Waals surface area contributed by atoms with Crippen LogP contribution in [0.2, 0.25) is 0 Å². The molecule has 0 aliphatic carbocycles. The van der Waals surface area contributed by atoms with Gasteiger partial charge in [0.05, 0.1) is 24.1 Å². The molecule has 0 bridgehead atoms. The van der Waals surface area contributed by atoms with Crippen molar-refractivity contribution in [3.63, 3.8) is 0 Å². The zero-order valence-electron chi connectivity index (χ0n) is 9.44. The second-order valence-corrected chi connectivity index (χ2v) is 2.82. The average Bonchev–Trinajstić information content (AvgIpc) is 2.16. The zero-order valence-corrected chi connectivity index (χ0v) is 11.6. The van der Waals surface area contributed by atoms with Crippen molar-refractivity contribution in [2.45, 2.75) is 25.0 Å². The van der Waals surface area contributed by atoms with Crippen molar-refractivity contribution in [2.24, 2.45) is 0 Å². The molecule has 10 nitrogen and oxygen atoms in total. The quantitative estimate of drug-likeness (QED) is 0.419. The second-order valence-electron chi connectivity index (χ2n) is 2.82. The summed E-state index contributed by atoms with van der Waals surface area (Å²) in [4.78, 5) is 38.3. The van der Waals surface area contributed by atoms with Gasteiger partial charge in [0.15, 0.2) is 0 Å². The van der Waals surface area contributed by atoms with Gasteiger partial charge in [-0.3, -0.25) is 0 Å². The summed E-state index contributed by atoms with van der Waals surface area (Å²) in [5.41, 5.74) is 0. The van der Waals surface area contributed by atoms with Crippen molar-refractivity contribution in [3.8, 4) is 0 Å². The molecule has 0 heterocycles. The van der Waals surface area contributed by atoms with Gasteiger partial charge in [0.25, 0.3) is 0 Å². The van der Waals surface area contributed by atoms with Crippen molar-refractivity contribution in [1.29, 1.82) is 0 Å². The molecule has 0 spiro atoms. The summed E-state index contributed by atoms with van der Waals surface area (Å²) in [6.45, 7) is 0. The van der Waals surface area contributed by atoms with Gasteiger partial charge >= 0.3 is 34.1 Å². The van der Waals surface area contributed by atoms with Crippen molar-refractivity contribution in [1.82, 2.24) is 0 Å². The van der Waals surface area contributed by atoms with Gasteiger partial charge in [0.2, 0.25) is 0 Å². The number of aliphatic hydroxyl groups is 2. The van der Waals surface area contributed by atoms with Crippen LogP contribution in [0.4, 0.5) is 0 Å². The van der Waals surface area contributed by atoms with E-state index in [2.05, 4.69) is 0 Å². The third-order valence-corrected chi connectivity index (χ3v) is 1.26. The van der Waals surface area contributed by atoms with Crippen molar-refractivity contribution in [3.05, 3.63) is 0 Å². The summed E-state index contributed by atoms with van der Waals surface area (Å²) >= 11 is 0. The van der Waals surface area contributed by atoms with E-state index in [1.807, 2.05) is 0 Å². The Morgan fingerprint density at radius 3 is 0.950 bits per heavy atom. The molecule has 0 aromatic heterocycles. The molecule has 116 valence electrons. The molecule has 20 heavy (non-hydrogen) atoms. The molecule has 0 rings (SSSR count). The summed E-state index contributed by atoms with van der Waals surface area (Å²) in [6.07, 6.45) is -5.78. The Morgan fingerprint density at radius 1 is 0.700 bits per heavy atom. The van der Waals surface area contributed by atoms with Gasteiger partial charge in [-0.2, -0.15) is 0 Å². The van der Waals surface area contributed by atoms with Crippen LogP contribution in [0.5, 0.6) is 0 Å². The molecule has 0 saturated carbocycles. The molecule has 0 aliphatic heterocycles. The van der Waals surface area contributed by atoms with Crippen LogP contribution in [-0.4, -0.2) is 46.3 Å². The first-order valence-electron chi connectivity index (χ1n) is 4.25. The molecule has 2 N–H and O–H groups in total. The first-order chi connectivity index (χ1) is 8.07. The molecule has 0 aromatic carbocycles. The van der Waals surface area contributed by atoms with E-state index in [0.717, 1.165) is 0 Å². The van der Waals surface area contributed by atoms with Crippen LogP contribution in [0.1, 0.15) is 12.8 Å². The molecule has 0 aliphatic rings. The van der Waals surface area contributed by atoms with Crippen LogP contribution in [0.15, 0.2) is 0 Å². The van der Waals surface area contributed by atoms with Crippen molar-refractivity contribution in [2.75, 3.05) is 0 Å². The molecule has 0 aromatic rings. The van der Waals surface area contributed by atoms with E-state index in [4.69, 9.17) is 10.2 Å². The minimum Gasteiger partial charge on any atom is -0.550 e. The van der Waals surface area contributed by atoms with E-state index in [-0.39, 0.29) is 34.1 Å². The number of hydrogen-bond acceptors (Lipinski definition) is 10. The molecule has 0 fully saturated rings. The molecule has 2 unspecified atom stereocenters. The fourth-order valence-corrected chi connectivity index (χ4v) is 0.482. The van der Waals surface area contributed by atoms with Gasteiger partial charge in [0.1, 0.15) is 0 Å². The van der Waals surface area contributed by atoms with E-state index >= 15 is 0 Å². The number of carboxylic acids is 4. The average molecular weight is 376 g/mol. The minimum absolute atomic E-state index is 0.